The lowest BCUT2D eigenvalue weighted by molar-refractivity contribution is -0.142. The highest BCUT2D eigenvalue weighted by atomic mass is 16.5. The van der Waals surface area contributed by atoms with Crippen LogP contribution in [0.4, 0.5) is 0 Å². The van der Waals surface area contributed by atoms with Crippen LogP contribution in [-0.2, 0) is 9.59 Å². The van der Waals surface area contributed by atoms with Crippen LogP contribution >= 0.6 is 0 Å². The molecule has 0 bridgehead atoms. The lowest BCUT2D eigenvalue weighted by atomic mass is 9.92. The molecule has 1 aliphatic rings. The second kappa shape index (κ2) is 9.89. The molecule has 2 rings (SSSR count). The van der Waals surface area contributed by atoms with Gasteiger partial charge < -0.3 is 4.74 Å². The first kappa shape index (κ1) is 21.4. The smallest absolute Gasteiger partial charge is 0.271 e. The predicted octanol–water partition coefficient (Wildman–Crippen LogP) is 4.65. The summed E-state index contributed by atoms with van der Waals surface area (Å²) >= 11 is 0. The average molecular weight is 380 g/mol. The van der Waals surface area contributed by atoms with Gasteiger partial charge in [-0.25, -0.2) is 0 Å². The molecule has 1 aromatic carbocycles. The molecule has 0 saturated heterocycles. The van der Waals surface area contributed by atoms with E-state index in [1.165, 1.54) is 4.90 Å². The molecule has 1 aromatic rings. The molecular formula is C23H28N2O3. The molecule has 0 fully saturated rings. The summed E-state index contributed by atoms with van der Waals surface area (Å²) < 4.78 is 5.71. The van der Waals surface area contributed by atoms with E-state index in [0.29, 0.717) is 24.2 Å². The van der Waals surface area contributed by atoms with E-state index in [9.17, 15) is 14.9 Å². The van der Waals surface area contributed by atoms with Crippen molar-refractivity contribution in [1.82, 2.24) is 4.90 Å². The van der Waals surface area contributed by atoms with Gasteiger partial charge in [0.25, 0.3) is 11.8 Å². The zero-order valence-electron chi connectivity index (χ0n) is 17.1. The molecule has 1 heterocycles. The van der Waals surface area contributed by atoms with Crippen molar-refractivity contribution < 1.29 is 14.3 Å². The number of amides is 2. The topological polar surface area (TPSA) is 70.4 Å². The molecule has 0 spiro atoms. The van der Waals surface area contributed by atoms with E-state index in [2.05, 4.69) is 6.92 Å². The van der Waals surface area contributed by atoms with Crippen molar-refractivity contribution in [2.24, 2.45) is 0 Å². The fraction of sp³-hybridized carbons (Fsp3) is 0.435. The third-order valence-corrected chi connectivity index (χ3v) is 5.01. The first-order valence-corrected chi connectivity index (χ1v) is 9.88. The molecule has 1 atom stereocenters. The third kappa shape index (κ3) is 4.69. The SMILES string of the molecule is CCCCCOc1ccc(/C=C2/C(=O)N(C(C)CC)C(=O)C(C#N)=C2C)cc1. The Morgan fingerprint density at radius 2 is 1.82 bits per heavy atom. The Bertz CT molecular complexity index is 828. The van der Waals surface area contributed by atoms with Crippen molar-refractivity contribution in [3.63, 3.8) is 0 Å². The molecule has 0 aliphatic carbocycles. The summed E-state index contributed by atoms with van der Waals surface area (Å²) in [6.45, 7) is 8.21. The Morgan fingerprint density at radius 1 is 1.14 bits per heavy atom. The Morgan fingerprint density at radius 3 is 2.39 bits per heavy atom. The van der Waals surface area contributed by atoms with Crippen LogP contribution in [0.3, 0.4) is 0 Å². The van der Waals surface area contributed by atoms with Gasteiger partial charge in [-0.1, -0.05) is 38.8 Å². The van der Waals surface area contributed by atoms with Crippen molar-refractivity contribution >= 4 is 17.9 Å². The zero-order chi connectivity index (χ0) is 20.7. The standard InChI is InChI=1S/C23H28N2O3/c1-5-7-8-13-28-19-11-9-18(10-12-19)14-20-17(4)21(15-24)23(27)25(22(20)26)16(3)6-2/h9-12,14,16H,5-8,13H2,1-4H3/b20-14+. The van der Waals surface area contributed by atoms with Gasteiger partial charge in [0.15, 0.2) is 0 Å². The quantitative estimate of drug-likeness (QED) is 0.374. The summed E-state index contributed by atoms with van der Waals surface area (Å²) in [7, 11) is 0. The summed E-state index contributed by atoms with van der Waals surface area (Å²) in [4.78, 5) is 26.7. The number of ether oxygens (including phenoxy) is 1. The molecule has 5 heteroatoms. The van der Waals surface area contributed by atoms with E-state index in [0.717, 1.165) is 30.6 Å². The number of carbonyl (C=O) groups excluding carboxylic acids is 2. The molecule has 2 amide bonds. The first-order chi connectivity index (χ1) is 13.4. The van der Waals surface area contributed by atoms with Crippen LogP contribution in [0.1, 0.15) is 58.9 Å². The minimum atomic E-state index is -0.507. The van der Waals surface area contributed by atoms with Gasteiger partial charge in [0, 0.05) is 11.6 Å². The zero-order valence-corrected chi connectivity index (χ0v) is 17.1. The highest BCUT2D eigenvalue weighted by Crippen LogP contribution is 2.29. The van der Waals surface area contributed by atoms with E-state index >= 15 is 0 Å². The van der Waals surface area contributed by atoms with E-state index in [1.54, 1.807) is 13.0 Å². The minimum Gasteiger partial charge on any atom is -0.494 e. The normalized spacial score (nSPS) is 17.1. The Kier molecular flexibility index (Phi) is 7.57. The highest BCUT2D eigenvalue weighted by Gasteiger charge is 2.37. The monoisotopic (exact) mass is 380 g/mol. The number of benzene rings is 1. The predicted molar refractivity (Wildman–Crippen MR) is 109 cm³/mol. The van der Waals surface area contributed by atoms with Crippen molar-refractivity contribution in [3.05, 3.63) is 46.5 Å². The number of imide groups is 1. The van der Waals surface area contributed by atoms with Gasteiger partial charge in [-0.2, -0.15) is 5.26 Å². The van der Waals surface area contributed by atoms with Gasteiger partial charge in [0.2, 0.25) is 0 Å². The summed E-state index contributed by atoms with van der Waals surface area (Å²) in [5.74, 6) is -0.0716. The van der Waals surface area contributed by atoms with Gasteiger partial charge in [-0.15, -0.1) is 0 Å². The number of carbonyl (C=O) groups is 2. The Balaban J connectivity index is 2.30. The maximum Gasteiger partial charge on any atom is 0.271 e. The Hall–Kier alpha value is -2.87. The fourth-order valence-corrected chi connectivity index (χ4v) is 3.05. The molecule has 5 nitrogen and oxygen atoms in total. The van der Waals surface area contributed by atoms with Crippen LogP contribution < -0.4 is 4.74 Å². The second-order valence-electron chi connectivity index (χ2n) is 7.03. The number of rotatable bonds is 8. The number of hydrogen-bond acceptors (Lipinski definition) is 4. The van der Waals surface area contributed by atoms with Crippen LogP contribution in [0.2, 0.25) is 0 Å². The molecule has 1 unspecified atom stereocenters. The molecular weight excluding hydrogens is 352 g/mol. The fourth-order valence-electron chi connectivity index (χ4n) is 3.05. The largest absolute Gasteiger partial charge is 0.494 e. The van der Waals surface area contributed by atoms with Gasteiger partial charge in [0.05, 0.1) is 6.61 Å². The number of unbranched alkanes of at least 4 members (excludes halogenated alkanes) is 2. The molecule has 0 N–H and O–H groups in total. The molecule has 0 radical (unpaired) electrons. The van der Waals surface area contributed by atoms with Crippen LogP contribution in [-0.4, -0.2) is 29.4 Å². The molecule has 148 valence electrons. The lowest BCUT2D eigenvalue weighted by Crippen LogP contribution is -2.47. The summed E-state index contributed by atoms with van der Waals surface area (Å²) in [5.41, 5.74) is 1.66. The number of nitriles is 1. The number of hydrogen-bond donors (Lipinski definition) is 0. The summed E-state index contributed by atoms with van der Waals surface area (Å²) in [5, 5.41) is 9.42. The van der Waals surface area contributed by atoms with Gasteiger partial charge in [-0.05, 0) is 56.0 Å². The Labute approximate surface area is 167 Å². The van der Waals surface area contributed by atoms with Crippen molar-refractivity contribution in [2.45, 2.75) is 59.4 Å². The van der Waals surface area contributed by atoms with Gasteiger partial charge >= 0.3 is 0 Å². The second-order valence-corrected chi connectivity index (χ2v) is 7.03. The van der Waals surface area contributed by atoms with E-state index < -0.39 is 5.91 Å². The summed E-state index contributed by atoms with van der Waals surface area (Å²) in [6, 6.07) is 9.19. The van der Waals surface area contributed by atoms with Crippen LogP contribution in [0, 0.1) is 11.3 Å². The third-order valence-electron chi connectivity index (χ3n) is 5.01. The van der Waals surface area contributed by atoms with Gasteiger partial charge in [0.1, 0.15) is 17.4 Å². The van der Waals surface area contributed by atoms with Crippen LogP contribution in [0.15, 0.2) is 41.0 Å². The van der Waals surface area contributed by atoms with Crippen LogP contribution in [0.5, 0.6) is 5.75 Å². The molecule has 0 saturated carbocycles. The van der Waals surface area contributed by atoms with E-state index in [1.807, 2.05) is 44.2 Å². The van der Waals surface area contributed by atoms with Crippen molar-refractivity contribution in [3.8, 4) is 11.8 Å². The van der Waals surface area contributed by atoms with E-state index in [-0.39, 0.29) is 17.5 Å². The number of nitrogens with zero attached hydrogens (tertiary/aromatic N) is 2. The maximum absolute atomic E-state index is 13.0. The maximum atomic E-state index is 13.0. The average Bonchev–Trinajstić information content (AvgIpc) is 2.69. The lowest BCUT2D eigenvalue weighted by Gasteiger charge is -2.31. The van der Waals surface area contributed by atoms with Crippen LogP contribution in [0.25, 0.3) is 6.08 Å². The molecule has 28 heavy (non-hydrogen) atoms. The van der Waals surface area contributed by atoms with Crippen molar-refractivity contribution in [1.29, 1.82) is 5.26 Å². The molecule has 0 aromatic heterocycles. The molecule has 1 aliphatic heterocycles. The first-order valence-electron chi connectivity index (χ1n) is 9.88. The minimum absolute atomic E-state index is 0.0297. The van der Waals surface area contributed by atoms with Crippen molar-refractivity contribution in [2.75, 3.05) is 6.61 Å². The highest BCUT2D eigenvalue weighted by molar-refractivity contribution is 6.19. The summed E-state index contributed by atoms with van der Waals surface area (Å²) in [6.07, 6.45) is 5.68. The van der Waals surface area contributed by atoms with E-state index in [4.69, 9.17) is 4.74 Å². The van der Waals surface area contributed by atoms with Gasteiger partial charge in [-0.3, -0.25) is 14.5 Å².